The van der Waals surface area contributed by atoms with Crippen LogP contribution in [0.1, 0.15) is 68.7 Å². The van der Waals surface area contributed by atoms with Crippen molar-refractivity contribution < 1.29 is 14.4 Å². The van der Waals surface area contributed by atoms with E-state index >= 15 is 0 Å². The fourth-order valence-corrected chi connectivity index (χ4v) is 4.25. The molecule has 0 radical (unpaired) electrons. The minimum atomic E-state index is -1.73. The van der Waals surface area contributed by atoms with E-state index in [0.29, 0.717) is 16.7 Å². The summed E-state index contributed by atoms with van der Waals surface area (Å²) in [6.07, 6.45) is 5.03. The molecule has 0 spiro atoms. The van der Waals surface area contributed by atoms with Gasteiger partial charge in [-0.2, -0.15) is 0 Å². The van der Waals surface area contributed by atoms with Gasteiger partial charge in [-0.1, -0.05) is 61.2 Å². The molecule has 1 amide bonds. The van der Waals surface area contributed by atoms with Crippen LogP contribution in [0.25, 0.3) is 0 Å². The summed E-state index contributed by atoms with van der Waals surface area (Å²) in [7, 11) is 0. The van der Waals surface area contributed by atoms with Gasteiger partial charge in [-0.05, 0) is 31.9 Å². The maximum absolute atomic E-state index is 13.3. The van der Waals surface area contributed by atoms with Gasteiger partial charge < -0.3 is 5.32 Å². The van der Waals surface area contributed by atoms with E-state index in [0.717, 1.165) is 37.7 Å². The van der Waals surface area contributed by atoms with Crippen molar-refractivity contribution in [1.29, 1.82) is 0 Å². The summed E-state index contributed by atoms with van der Waals surface area (Å²) in [4.78, 5) is 39.7. The van der Waals surface area contributed by atoms with Crippen LogP contribution < -0.4 is 10.6 Å². The maximum atomic E-state index is 13.3. The van der Waals surface area contributed by atoms with Crippen molar-refractivity contribution in [3.63, 3.8) is 0 Å². The molecule has 2 aliphatic carbocycles. The second-order valence-corrected chi connectivity index (χ2v) is 7.76. The Bertz CT molecular complexity index is 909. The number of hydrogen-bond donors (Lipinski definition) is 2. The Hall–Kier alpha value is -2.79. The number of benzene rings is 2. The lowest BCUT2D eigenvalue weighted by Crippen LogP contribution is -2.68. The Morgan fingerprint density at radius 1 is 0.929 bits per heavy atom. The number of carbonyl (C=O) groups excluding carboxylic acids is 3. The molecular weight excluding hydrogens is 352 g/mol. The topological polar surface area (TPSA) is 75.3 Å². The molecule has 0 bridgehead atoms. The zero-order valence-corrected chi connectivity index (χ0v) is 16.0. The molecule has 5 heteroatoms. The van der Waals surface area contributed by atoms with E-state index in [2.05, 4.69) is 10.6 Å². The number of Topliss-reactive ketones (excluding diaryl/α,β-unsaturated/α-hetero) is 2. The summed E-state index contributed by atoms with van der Waals surface area (Å²) in [5, 5.41) is 6.04. The molecule has 2 aromatic rings. The summed E-state index contributed by atoms with van der Waals surface area (Å²) in [6, 6.07) is 13.9. The van der Waals surface area contributed by atoms with Crippen LogP contribution in [0.4, 0.5) is 0 Å². The van der Waals surface area contributed by atoms with Gasteiger partial charge in [0.1, 0.15) is 0 Å². The van der Waals surface area contributed by atoms with Crippen molar-refractivity contribution in [2.45, 2.75) is 50.7 Å². The highest BCUT2D eigenvalue weighted by molar-refractivity contribution is 6.33. The van der Waals surface area contributed by atoms with Crippen molar-refractivity contribution in [3.05, 3.63) is 70.8 Å². The van der Waals surface area contributed by atoms with Crippen LogP contribution in [0.2, 0.25) is 0 Å². The van der Waals surface area contributed by atoms with E-state index in [-0.39, 0.29) is 17.6 Å². The third kappa shape index (κ3) is 3.16. The first kappa shape index (κ1) is 18.6. The fraction of sp³-hybridized carbons (Fsp3) is 0.348. The first-order valence-corrected chi connectivity index (χ1v) is 9.87. The monoisotopic (exact) mass is 376 g/mol. The normalized spacial score (nSPS) is 18.8. The highest BCUT2D eigenvalue weighted by Crippen LogP contribution is 2.31. The van der Waals surface area contributed by atoms with Crippen molar-refractivity contribution in [2.24, 2.45) is 0 Å². The molecule has 5 nitrogen and oxygen atoms in total. The smallest absolute Gasteiger partial charge is 0.253 e. The number of rotatable bonds is 4. The number of nitrogens with one attached hydrogen (secondary N) is 2. The van der Waals surface area contributed by atoms with Crippen LogP contribution in [0, 0.1) is 6.92 Å². The number of carbonyl (C=O) groups is 3. The Labute approximate surface area is 164 Å². The highest BCUT2D eigenvalue weighted by atomic mass is 16.2. The molecule has 0 atom stereocenters. The molecule has 144 valence electrons. The number of fused-ring (bicyclic) bond motifs is 1. The van der Waals surface area contributed by atoms with Gasteiger partial charge in [-0.15, -0.1) is 0 Å². The summed E-state index contributed by atoms with van der Waals surface area (Å²) in [6.45, 7) is 1.90. The van der Waals surface area contributed by atoms with E-state index in [9.17, 15) is 14.4 Å². The van der Waals surface area contributed by atoms with E-state index in [1.807, 2.05) is 13.0 Å². The molecule has 4 rings (SSSR count). The van der Waals surface area contributed by atoms with Gasteiger partial charge in [0, 0.05) is 22.7 Å². The molecule has 0 saturated heterocycles. The minimum Gasteiger partial charge on any atom is -0.321 e. The quantitative estimate of drug-likeness (QED) is 0.633. The van der Waals surface area contributed by atoms with Crippen LogP contribution in [0.15, 0.2) is 48.5 Å². The predicted octanol–water partition coefficient (Wildman–Crippen LogP) is 3.42. The van der Waals surface area contributed by atoms with Crippen molar-refractivity contribution in [2.75, 3.05) is 0 Å². The Morgan fingerprint density at radius 3 is 2.18 bits per heavy atom. The Balaban J connectivity index is 1.71. The molecule has 0 heterocycles. The van der Waals surface area contributed by atoms with Gasteiger partial charge >= 0.3 is 0 Å². The largest absolute Gasteiger partial charge is 0.321 e. The van der Waals surface area contributed by atoms with E-state index in [1.54, 1.807) is 42.5 Å². The first-order valence-electron chi connectivity index (χ1n) is 9.87. The zero-order chi connectivity index (χ0) is 19.7. The summed E-state index contributed by atoms with van der Waals surface area (Å²) >= 11 is 0. The average molecular weight is 376 g/mol. The Morgan fingerprint density at radius 2 is 1.57 bits per heavy atom. The SMILES string of the molecule is Cc1cccc(C(=O)NC2(NC3CCCCC3)C(=O)c3ccccc3C2=O)c1. The standard InChI is InChI=1S/C23H24N2O3/c1-15-8-7-9-16(14-15)22(28)25-23(24-17-10-3-2-4-11-17)20(26)18-12-5-6-13-19(18)21(23)27/h5-9,12-14,17,24H,2-4,10-11H2,1H3,(H,25,28). The second-order valence-electron chi connectivity index (χ2n) is 7.76. The molecular formula is C23H24N2O3. The minimum absolute atomic E-state index is 0.0220. The van der Waals surface area contributed by atoms with Gasteiger partial charge in [0.2, 0.25) is 17.2 Å². The molecule has 2 aromatic carbocycles. The van der Waals surface area contributed by atoms with Crippen LogP contribution in [-0.4, -0.2) is 29.2 Å². The van der Waals surface area contributed by atoms with Crippen molar-refractivity contribution >= 4 is 17.5 Å². The molecule has 1 fully saturated rings. The fourth-order valence-electron chi connectivity index (χ4n) is 4.25. The van der Waals surface area contributed by atoms with Gasteiger partial charge in [0.15, 0.2) is 0 Å². The molecule has 2 N–H and O–H groups in total. The number of aryl methyl sites for hydroxylation is 1. The lowest BCUT2D eigenvalue weighted by Gasteiger charge is -2.34. The van der Waals surface area contributed by atoms with Crippen LogP contribution in [0.5, 0.6) is 0 Å². The van der Waals surface area contributed by atoms with Gasteiger partial charge in [-0.3, -0.25) is 19.7 Å². The molecule has 0 unspecified atom stereocenters. The van der Waals surface area contributed by atoms with E-state index in [4.69, 9.17) is 0 Å². The lowest BCUT2D eigenvalue weighted by atomic mass is 9.92. The third-order valence-corrected chi connectivity index (χ3v) is 5.70. The number of hydrogen-bond acceptors (Lipinski definition) is 4. The third-order valence-electron chi connectivity index (χ3n) is 5.70. The van der Waals surface area contributed by atoms with E-state index < -0.39 is 11.6 Å². The average Bonchev–Trinajstić information content (AvgIpc) is 2.91. The van der Waals surface area contributed by atoms with Crippen molar-refractivity contribution in [3.8, 4) is 0 Å². The first-order chi connectivity index (χ1) is 13.5. The second kappa shape index (κ2) is 7.32. The molecule has 2 aliphatic rings. The van der Waals surface area contributed by atoms with E-state index in [1.165, 1.54) is 0 Å². The van der Waals surface area contributed by atoms with Crippen LogP contribution >= 0.6 is 0 Å². The number of amides is 1. The van der Waals surface area contributed by atoms with Gasteiger partial charge in [0.25, 0.3) is 5.91 Å². The van der Waals surface area contributed by atoms with Crippen molar-refractivity contribution in [1.82, 2.24) is 10.6 Å². The Kier molecular flexibility index (Phi) is 4.85. The number of ketones is 2. The summed E-state index contributed by atoms with van der Waals surface area (Å²) in [5.74, 6) is -1.18. The molecule has 28 heavy (non-hydrogen) atoms. The van der Waals surface area contributed by atoms with Gasteiger partial charge in [0.05, 0.1) is 0 Å². The predicted molar refractivity (Wildman–Crippen MR) is 106 cm³/mol. The highest BCUT2D eigenvalue weighted by Gasteiger charge is 2.55. The molecule has 0 aliphatic heterocycles. The maximum Gasteiger partial charge on any atom is 0.253 e. The van der Waals surface area contributed by atoms with Crippen LogP contribution in [0.3, 0.4) is 0 Å². The van der Waals surface area contributed by atoms with Gasteiger partial charge in [-0.25, -0.2) is 0 Å². The molecule has 1 saturated carbocycles. The summed E-state index contributed by atoms with van der Waals surface area (Å²) in [5.41, 5.74) is 0.364. The zero-order valence-electron chi connectivity index (χ0n) is 16.0. The lowest BCUT2D eigenvalue weighted by molar-refractivity contribution is 0.0626. The molecule has 0 aromatic heterocycles. The summed E-state index contributed by atoms with van der Waals surface area (Å²) < 4.78 is 0. The van der Waals surface area contributed by atoms with Crippen LogP contribution in [-0.2, 0) is 0 Å².